The SMILES string of the molecule is O=C1OC(c2ccccc2)=N/C1=C\c1ccc(-c2ccccc2F)o1. The maximum absolute atomic E-state index is 13.8. The minimum Gasteiger partial charge on any atom is -0.457 e. The lowest BCUT2D eigenvalue weighted by Crippen LogP contribution is -2.04. The van der Waals surface area contributed by atoms with Crippen molar-refractivity contribution in [3.05, 3.63) is 89.6 Å². The van der Waals surface area contributed by atoms with Gasteiger partial charge in [0.25, 0.3) is 0 Å². The van der Waals surface area contributed by atoms with Crippen molar-refractivity contribution in [3.8, 4) is 11.3 Å². The molecule has 0 amide bonds. The zero-order valence-electron chi connectivity index (χ0n) is 13.0. The summed E-state index contributed by atoms with van der Waals surface area (Å²) in [5, 5.41) is 0. The fourth-order valence-corrected chi connectivity index (χ4v) is 2.48. The zero-order chi connectivity index (χ0) is 17.2. The minimum absolute atomic E-state index is 0.133. The molecule has 25 heavy (non-hydrogen) atoms. The summed E-state index contributed by atoms with van der Waals surface area (Å²) in [6.45, 7) is 0. The molecule has 122 valence electrons. The Kier molecular flexibility index (Phi) is 3.74. The topological polar surface area (TPSA) is 51.8 Å². The first-order valence-corrected chi connectivity index (χ1v) is 7.63. The van der Waals surface area contributed by atoms with Gasteiger partial charge in [0.1, 0.15) is 17.3 Å². The van der Waals surface area contributed by atoms with Gasteiger partial charge < -0.3 is 9.15 Å². The van der Waals surface area contributed by atoms with Crippen molar-refractivity contribution in [3.63, 3.8) is 0 Å². The molecule has 0 saturated carbocycles. The number of aliphatic imine (C=N–C) groups is 1. The number of carbonyl (C=O) groups excluding carboxylic acids is 1. The molecule has 1 aliphatic rings. The lowest BCUT2D eigenvalue weighted by atomic mass is 10.1. The number of nitrogens with zero attached hydrogens (tertiary/aromatic N) is 1. The molecule has 0 fully saturated rings. The molecule has 2 aromatic carbocycles. The van der Waals surface area contributed by atoms with Crippen molar-refractivity contribution in [2.45, 2.75) is 0 Å². The van der Waals surface area contributed by atoms with Crippen molar-refractivity contribution in [2.24, 2.45) is 4.99 Å². The van der Waals surface area contributed by atoms with Gasteiger partial charge in [-0.15, -0.1) is 0 Å². The second kappa shape index (κ2) is 6.20. The number of rotatable bonds is 3. The van der Waals surface area contributed by atoms with Crippen LogP contribution in [0.25, 0.3) is 17.4 Å². The van der Waals surface area contributed by atoms with Crippen LogP contribution in [0, 0.1) is 5.82 Å². The first kappa shape index (κ1) is 15.1. The van der Waals surface area contributed by atoms with Crippen molar-refractivity contribution >= 4 is 17.9 Å². The van der Waals surface area contributed by atoms with E-state index in [2.05, 4.69) is 4.99 Å². The zero-order valence-corrected chi connectivity index (χ0v) is 13.0. The normalized spacial score (nSPS) is 15.3. The number of furan rings is 1. The highest BCUT2D eigenvalue weighted by Gasteiger charge is 2.24. The second-order valence-corrected chi connectivity index (χ2v) is 5.38. The van der Waals surface area contributed by atoms with Crippen LogP contribution in [-0.2, 0) is 9.53 Å². The van der Waals surface area contributed by atoms with Crippen LogP contribution in [0.2, 0.25) is 0 Å². The summed E-state index contributed by atoms with van der Waals surface area (Å²) in [6, 6.07) is 18.8. The quantitative estimate of drug-likeness (QED) is 0.526. The molecule has 0 unspecified atom stereocenters. The third-order valence-corrected chi connectivity index (χ3v) is 3.69. The highest BCUT2D eigenvalue weighted by Crippen LogP contribution is 2.27. The third-order valence-electron chi connectivity index (χ3n) is 3.69. The molecule has 5 heteroatoms. The Labute approximate surface area is 142 Å². The maximum Gasteiger partial charge on any atom is 0.363 e. The van der Waals surface area contributed by atoms with Gasteiger partial charge in [-0.05, 0) is 36.4 Å². The number of halogens is 1. The molecular weight excluding hydrogens is 321 g/mol. The van der Waals surface area contributed by atoms with E-state index in [-0.39, 0.29) is 17.4 Å². The van der Waals surface area contributed by atoms with Crippen LogP contribution in [0.5, 0.6) is 0 Å². The number of esters is 1. The molecule has 0 saturated heterocycles. The average molecular weight is 333 g/mol. The van der Waals surface area contributed by atoms with Gasteiger partial charge in [0.15, 0.2) is 5.70 Å². The monoisotopic (exact) mass is 333 g/mol. The van der Waals surface area contributed by atoms with E-state index in [1.807, 2.05) is 18.2 Å². The van der Waals surface area contributed by atoms with Crippen molar-refractivity contribution < 1.29 is 18.3 Å². The smallest absolute Gasteiger partial charge is 0.363 e. The lowest BCUT2D eigenvalue weighted by molar-refractivity contribution is -0.129. The van der Waals surface area contributed by atoms with Crippen LogP contribution in [-0.4, -0.2) is 11.9 Å². The highest BCUT2D eigenvalue weighted by molar-refractivity contribution is 6.12. The Morgan fingerprint density at radius 2 is 1.68 bits per heavy atom. The molecule has 1 aromatic heterocycles. The second-order valence-electron chi connectivity index (χ2n) is 5.38. The highest BCUT2D eigenvalue weighted by atomic mass is 19.1. The average Bonchev–Trinajstić information content (AvgIpc) is 3.24. The predicted octanol–water partition coefficient (Wildman–Crippen LogP) is 4.43. The summed E-state index contributed by atoms with van der Waals surface area (Å²) in [5.74, 6) is 0.0907. The van der Waals surface area contributed by atoms with Gasteiger partial charge in [0, 0.05) is 11.6 Å². The van der Waals surface area contributed by atoms with Gasteiger partial charge in [0.2, 0.25) is 5.90 Å². The van der Waals surface area contributed by atoms with Gasteiger partial charge in [0.05, 0.1) is 5.56 Å². The minimum atomic E-state index is -0.553. The van der Waals surface area contributed by atoms with Crippen LogP contribution in [0.15, 0.2) is 81.8 Å². The van der Waals surface area contributed by atoms with E-state index in [1.165, 1.54) is 12.1 Å². The molecule has 4 nitrogen and oxygen atoms in total. The van der Waals surface area contributed by atoms with E-state index in [4.69, 9.17) is 9.15 Å². The molecule has 0 atom stereocenters. The van der Waals surface area contributed by atoms with Crippen LogP contribution in [0.1, 0.15) is 11.3 Å². The van der Waals surface area contributed by atoms with E-state index < -0.39 is 5.97 Å². The summed E-state index contributed by atoms with van der Waals surface area (Å²) in [5.41, 5.74) is 1.20. The van der Waals surface area contributed by atoms with Crippen molar-refractivity contribution in [1.82, 2.24) is 0 Å². The number of benzene rings is 2. The predicted molar refractivity (Wildman–Crippen MR) is 91.2 cm³/mol. The van der Waals surface area contributed by atoms with Gasteiger partial charge in [-0.1, -0.05) is 30.3 Å². The van der Waals surface area contributed by atoms with Gasteiger partial charge in [-0.3, -0.25) is 0 Å². The summed E-state index contributed by atoms with van der Waals surface area (Å²) in [6.07, 6.45) is 1.47. The molecule has 3 aromatic rings. The molecule has 2 heterocycles. The van der Waals surface area contributed by atoms with Gasteiger partial charge >= 0.3 is 5.97 Å². The molecule has 0 N–H and O–H groups in total. The van der Waals surface area contributed by atoms with E-state index in [9.17, 15) is 9.18 Å². The van der Waals surface area contributed by atoms with Crippen molar-refractivity contribution in [1.29, 1.82) is 0 Å². The summed E-state index contributed by atoms with van der Waals surface area (Å²) < 4.78 is 24.6. The Balaban J connectivity index is 1.64. The van der Waals surface area contributed by atoms with Crippen molar-refractivity contribution in [2.75, 3.05) is 0 Å². The Morgan fingerprint density at radius 3 is 2.48 bits per heavy atom. The number of cyclic esters (lactones) is 1. The Morgan fingerprint density at radius 1 is 0.920 bits per heavy atom. The third kappa shape index (κ3) is 2.99. The molecule has 0 aliphatic carbocycles. The summed E-state index contributed by atoms with van der Waals surface area (Å²) >= 11 is 0. The van der Waals surface area contributed by atoms with Crippen LogP contribution in [0.3, 0.4) is 0 Å². The molecule has 1 aliphatic heterocycles. The number of hydrogen-bond donors (Lipinski definition) is 0. The Bertz CT molecular complexity index is 1000. The summed E-state index contributed by atoms with van der Waals surface area (Å²) in [4.78, 5) is 16.2. The number of carbonyl (C=O) groups is 1. The summed E-state index contributed by atoms with van der Waals surface area (Å²) in [7, 11) is 0. The fourth-order valence-electron chi connectivity index (χ4n) is 2.48. The molecule has 4 rings (SSSR count). The first-order valence-electron chi connectivity index (χ1n) is 7.63. The van der Waals surface area contributed by atoms with E-state index in [0.29, 0.717) is 22.6 Å². The fraction of sp³-hybridized carbons (Fsp3) is 0. The van der Waals surface area contributed by atoms with Crippen LogP contribution < -0.4 is 0 Å². The lowest BCUT2D eigenvalue weighted by Gasteiger charge is -1.97. The Hall–Kier alpha value is -3.47. The number of ether oxygens (including phenoxy) is 1. The molecule has 0 bridgehead atoms. The largest absolute Gasteiger partial charge is 0.457 e. The first-order chi connectivity index (χ1) is 12.2. The van der Waals surface area contributed by atoms with Crippen LogP contribution >= 0.6 is 0 Å². The maximum atomic E-state index is 13.8. The van der Waals surface area contributed by atoms with E-state index in [1.54, 1.807) is 42.5 Å². The van der Waals surface area contributed by atoms with E-state index in [0.717, 1.165) is 0 Å². The standard InChI is InChI=1S/C20H12FNO3/c21-16-9-5-4-8-15(16)18-11-10-14(24-18)12-17-20(23)25-19(22-17)13-6-2-1-3-7-13/h1-12H/b17-12-. The molecule has 0 radical (unpaired) electrons. The number of hydrogen-bond acceptors (Lipinski definition) is 4. The molecule has 0 spiro atoms. The van der Waals surface area contributed by atoms with E-state index >= 15 is 0 Å². The molecular formula is C20H12FNO3. The van der Waals surface area contributed by atoms with Gasteiger partial charge in [-0.2, -0.15) is 0 Å². The van der Waals surface area contributed by atoms with Gasteiger partial charge in [-0.25, -0.2) is 14.2 Å². The van der Waals surface area contributed by atoms with Crippen LogP contribution in [0.4, 0.5) is 4.39 Å².